The van der Waals surface area contributed by atoms with Crippen molar-refractivity contribution >= 4 is 10.9 Å². The van der Waals surface area contributed by atoms with E-state index in [9.17, 15) is 4.79 Å². The molecular formula is C15H11N3O. The van der Waals surface area contributed by atoms with Crippen LogP contribution in [0.25, 0.3) is 22.3 Å². The molecule has 4 rings (SSSR count). The Morgan fingerprint density at radius 3 is 2.68 bits per heavy atom. The van der Waals surface area contributed by atoms with Gasteiger partial charge in [-0.3, -0.25) is 9.36 Å². The highest BCUT2D eigenvalue weighted by molar-refractivity contribution is 5.81. The molecule has 0 amide bonds. The van der Waals surface area contributed by atoms with Crippen molar-refractivity contribution < 1.29 is 0 Å². The third-order valence-corrected chi connectivity index (χ3v) is 3.61. The number of hydrogen-bond acceptors (Lipinski definition) is 3. The number of nitrogens with zero attached hydrogens (tertiary/aromatic N) is 2. The van der Waals surface area contributed by atoms with Gasteiger partial charge in [0.05, 0.1) is 10.9 Å². The number of nitrogens with two attached hydrogens (primary N) is 1. The Morgan fingerprint density at radius 1 is 1.05 bits per heavy atom. The number of hydrogen-bond donors (Lipinski definition) is 1. The standard InChI is InChI=1S/C15H11N3O/c16-13-9-5-1-2-6-10(9)14-17-12-8-4-3-7-11(12)15(19)18(13)14/h1-8,13H,16H2/t13-/m1/s1. The van der Waals surface area contributed by atoms with E-state index in [4.69, 9.17) is 5.73 Å². The van der Waals surface area contributed by atoms with Gasteiger partial charge in [0.2, 0.25) is 0 Å². The van der Waals surface area contributed by atoms with Crippen LogP contribution in [0.3, 0.4) is 0 Å². The highest BCUT2D eigenvalue weighted by atomic mass is 16.1. The first-order valence-corrected chi connectivity index (χ1v) is 6.13. The third-order valence-electron chi connectivity index (χ3n) is 3.61. The van der Waals surface area contributed by atoms with Crippen molar-refractivity contribution in [2.45, 2.75) is 6.17 Å². The number of fused-ring (bicyclic) bond motifs is 4. The Labute approximate surface area is 109 Å². The van der Waals surface area contributed by atoms with E-state index in [-0.39, 0.29) is 5.56 Å². The fourth-order valence-electron chi connectivity index (χ4n) is 2.69. The Balaban J connectivity index is 2.19. The monoisotopic (exact) mass is 249 g/mol. The number of aromatic nitrogens is 2. The summed E-state index contributed by atoms with van der Waals surface area (Å²) in [5.74, 6) is 0.659. The van der Waals surface area contributed by atoms with Crippen molar-refractivity contribution in [1.29, 1.82) is 0 Å². The van der Waals surface area contributed by atoms with Crippen molar-refractivity contribution in [3.63, 3.8) is 0 Å². The van der Waals surface area contributed by atoms with E-state index in [1.807, 2.05) is 42.5 Å². The van der Waals surface area contributed by atoms with Crippen LogP contribution in [0.2, 0.25) is 0 Å². The van der Waals surface area contributed by atoms with Crippen LogP contribution in [0, 0.1) is 0 Å². The molecule has 1 aromatic heterocycles. The van der Waals surface area contributed by atoms with Crippen LogP contribution < -0.4 is 11.3 Å². The Morgan fingerprint density at radius 2 is 1.79 bits per heavy atom. The van der Waals surface area contributed by atoms with Gasteiger partial charge in [-0.1, -0.05) is 36.4 Å². The van der Waals surface area contributed by atoms with E-state index < -0.39 is 6.17 Å². The summed E-state index contributed by atoms with van der Waals surface area (Å²) in [6.45, 7) is 0. The van der Waals surface area contributed by atoms with Crippen molar-refractivity contribution in [2.24, 2.45) is 5.73 Å². The van der Waals surface area contributed by atoms with Crippen LogP contribution in [0.5, 0.6) is 0 Å². The van der Waals surface area contributed by atoms with Gasteiger partial charge in [0.1, 0.15) is 12.0 Å². The van der Waals surface area contributed by atoms with Crippen LogP contribution in [0.4, 0.5) is 0 Å². The lowest BCUT2D eigenvalue weighted by molar-refractivity contribution is 0.618. The molecule has 2 heterocycles. The molecule has 0 radical (unpaired) electrons. The maximum absolute atomic E-state index is 12.5. The number of benzene rings is 2. The molecule has 1 atom stereocenters. The van der Waals surface area contributed by atoms with Crippen LogP contribution in [-0.4, -0.2) is 9.55 Å². The molecule has 92 valence electrons. The molecule has 0 spiro atoms. The largest absolute Gasteiger partial charge is 0.307 e. The molecule has 0 unspecified atom stereocenters. The van der Waals surface area contributed by atoms with E-state index in [0.29, 0.717) is 16.7 Å². The molecule has 0 saturated heterocycles. The molecule has 0 fully saturated rings. The zero-order chi connectivity index (χ0) is 13.0. The quantitative estimate of drug-likeness (QED) is 0.661. The van der Waals surface area contributed by atoms with E-state index in [1.165, 1.54) is 0 Å². The first-order chi connectivity index (χ1) is 9.27. The van der Waals surface area contributed by atoms with E-state index in [1.54, 1.807) is 10.6 Å². The van der Waals surface area contributed by atoms with E-state index in [0.717, 1.165) is 11.1 Å². The van der Waals surface area contributed by atoms with Gasteiger partial charge >= 0.3 is 0 Å². The molecule has 2 N–H and O–H groups in total. The lowest BCUT2D eigenvalue weighted by Crippen LogP contribution is -2.28. The zero-order valence-corrected chi connectivity index (χ0v) is 10.1. The van der Waals surface area contributed by atoms with Crippen LogP contribution in [0.15, 0.2) is 53.3 Å². The van der Waals surface area contributed by atoms with Gasteiger partial charge in [-0.25, -0.2) is 4.98 Å². The second kappa shape index (κ2) is 3.52. The molecular weight excluding hydrogens is 238 g/mol. The van der Waals surface area contributed by atoms with Gasteiger partial charge in [0, 0.05) is 11.1 Å². The first kappa shape index (κ1) is 10.5. The Bertz CT molecular complexity index is 867. The summed E-state index contributed by atoms with van der Waals surface area (Å²) in [4.78, 5) is 17.1. The van der Waals surface area contributed by atoms with Crippen molar-refractivity contribution in [3.8, 4) is 11.4 Å². The molecule has 0 bridgehead atoms. The minimum atomic E-state index is -0.448. The fourth-order valence-corrected chi connectivity index (χ4v) is 2.69. The maximum atomic E-state index is 12.5. The van der Waals surface area contributed by atoms with Gasteiger partial charge in [0.15, 0.2) is 0 Å². The summed E-state index contributed by atoms with van der Waals surface area (Å²) in [7, 11) is 0. The van der Waals surface area contributed by atoms with Gasteiger partial charge in [-0.2, -0.15) is 0 Å². The average molecular weight is 249 g/mol. The van der Waals surface area contributed by atoms with Gasteiger partial charge in [-0.15, -0.1) is 0 Å². The van der Waals surface area contributed by atoms with E-state index in [2.05, 4.69) is 4.98 Å². The molecule has 0 aliphatic carbocycles. The Hall–Kier alpha value is -2.46. The second-order valence-electron chi connectivity index (χ2n) is 4.66. The summed E-state index contributed by atoms with van der Waals surface area (Å²) in [6, 6.07) is 15.1. The SMILES string of the molecule is N[C@H]1c2ccccc2-c2nc3ccccc3c(=O)n21. The van der Waals surface area contributed by atoms with Gasteiger partial charge in [0.25, 0.3) is 5.56 Å². The van der Waals surface area contributed by atoms with Gasteiger partial charge < -0.3 is 5.73 Å². The summed E-state index contributed by atoms with van der Waals surface area (Å²) in [5.41, 5.74) is 8.69. The molecule has 1 aliphatic rings. The molecule has 4 heteroatoms. The summed E-state index contributed by atoms with van der Waals surface area (Å²) >= 11 is 0. The predicted molar refractivity (Wildman–Crippen MR) is 73.8 cm³/mol. The topological polar surface area (TPSA) is 60.9 Å². The van der Waals surface area contributed by atoms with Crippen LogP contribution in [-0.2, 0) is 0 Å². The highest BCUT2D eigenvalue weighted by Crippen LogP contribution is 2.34. The van der Waals surface area contributed by atoms with E-state index >= 15 is 0 Å². The summed E-state index contributed by atoms with van der Waals surface area (Å²) in [6.07, 6.45) is -0.448. The van der Waals surface area contributed by atoms with Crippen LogP contribution >= 0.6 is 0 Å². The molecule has 0 saturated carbocycles. The lowest BCUT2D eigenvalue weighted by atomic mass is 10.1. The fraction of sp³-hybridized carbons (Fsp3) is 0.0667. The Kier molecular flexibility index (Phi) is 1.94. The smallest absolute Gasteiger partial charge is 0.263 e. The molecule has 1 aliphatic heterocycles. The normalized spacial score (nSPS) is 16.4. The summed E-state index contributed by atoms with van der Waals surface area (Å²) < 4.78 is 1.58. The average Bonchev–Trinajstić information content (AvgIpc) is 2.74. The molecule has 3 aromatic rings. The molecule has 19 heavy (non-hydrogen) atoms. The summed E-state index contributed by atoms with van der Waals surface area (Å²) in [5, 5.41) is 0.606. The van der Waals surface area contributed by atoms with Crippen molar-refractivity contribution in [3.05, 3.63) is 64.4 Å². The maximum Gasteiger partial charge on any atom is 0.263 e. The molecule has 2 aromatic carbocycles. The number of para-hydroxylation sites is 1. The van der Waals surface area contributed by atoms with Gasteiger partial charge in [-0.05, 0) is 12.1 Å². The predicted octanol–water partition coefficient (Wildman–Crippen LogP) is 1.88. The van der Waals surface area contributed by atoms with Crippen molar-refractivity contribution in [2.75, 3.05) is 0 Å². The number of rotatable bonds is 0. The first-order valence-electron chi connectivity index (χ1n) is 6.13. The minimum absolute atomic E-state index is 0.0794. The lowest BCUT2D eigenvalue weighted by Gasteiger charge is -2.10. The van der Waals surface area contributed by atoms with Crippen LogP contribution in [0.1, 0.15) is 11.7 Å². The second-order valence-corrected chi connectivity index (χ2v) is 4.66. The zero-order valence-electron chi connectivity index (χ0n) is 10.1. The minimum Gasteiger partial charge on any atom is -0.307 e. The third kappa shape index (κ3) is 1.26. The van der Waals surface area contributed by atoms with Crippen molar-refractivity contribution in [1.82, 2.24) is 9.55 Å². The molecule has 4 nitrogen and oxygen atoms in total. The highest BCUT2D eigenvalue weighted by Gasteiger charge is 2.28.